The van der Waals surface area contributed by atoms with Crippen LogP contribution in [0.25, 0.3) is 0 Å². The highest BCUT2D eigenvalue weighted by molar-refractivity contribution is 5.99. The van der Waals surface area contributed by atoms with Crippen molar-refractivity contribution >= 4 is 11.8 Å². The van der Waals surface area contributed by atoms with Crippen LogP contribution in [0.3, 0.4) is 0 Å². The number of carbonyl (C=O) groups is 2. The Morgan fingerprint density at radius 3 is 2.71 bits per heavy atom. The number of nitrogens with one attached hydrogen (secondary N) is 1. The maximum Gasteiger partial charge on any atom is 0.276 e. The molecule has 2 bridgehead atoms. The zero-order chi connectivity index (χ0) is 23.8. The van der Waals surface area contributed by atoms with E-state index in [4.69, 9.17) is 4.74 Å². The fourth-order valence-corrected chi connectivity index (χ4v) is 5.87. The molecule has 34 heavy (non-hydrogen) atoms. The molecular formula is C24H23F2N3O5. The van der Waals surface area contributed by atoms with Gasteiger partial charge in [-0.2, -0.15) is 0 Å². The van der Waals surface area contributed by atoms with Gasteiger partial charge < -0.3 is 24.6 Å². The number of ether oxygens (including phenoxy) is 1. The first-order chi connectivity index (χ1) is 16.3. The number of amides is 2. The predicted molar refractivity (Wildman–Crippen MR) is 114 cm³/mol. The number of aromatic nitrogens is 1. The minimum absolute atomic E-state index is 0.00607. The molecule has 2 N–H and O–H groups in total. The molecule has 6 rings (SSSR count). The van der Waals surface area contributed by atoms with Crippen molar-refractivity contribution in [1.29, 1.82) is 0 Å². The van der Waals surface area contributed by atoms with Gasteiger partial charge in [-0.1, -0.05) is 6.07 Å². The number of nitrogens with zero attached hydrogens (tertiary/aromatic N) is 2. The number of halogens is 2. The van der Waals surface area contributed by atoms with Crippen LogP contribution in [0, 0.1) is 11.6 Å². The summed E-state index contributed by atoms with van der Waals surface area (Å²) in [5.41, 5.74) is -2.40. The Balaban J connectivity index is 1.35. The van der Waals surface area contributed by atoms with Gasteiger partial charge in [-0.15, -0.1) is 0 Å². The summed E-state index contributed by atoms with van der Waals surface area (Å²) < 4.78 is 35.3. The molecule has 2 amide bonds. The Hall–Kier alpha value is -3.27. The molecule has 3 fully saturated rings. The second kappa shape index (κ2) is 7.36. The minimum Gasteiger partial charge on any atom is -0.503 e. The summed E-state index contributed by atoms with van der Waals surface area (Å²) in [5.74, 6) is -3.57. The van der Waals surface area contributed by atoms with Gasteiger partial charge in [0.05, 0.1) is 18.2 Å². The van der Waals surface area contributed by atoms with Gasteiger partial charge in [0.15, 0.2) is 17.7 Å². The molecule has 8 nitrogen and oxygen atoms in total. The van der Waals surface area contributed by atoms with Crippen LogP contribution in [0.4, 0.5) is 8.78 Å². The lowest BCUT2D eigenvalue weighted by molar-refractivity contribution is -0.132. The predicted octanol–water partition coefficient (Wildman–Crippen LogP) is 2.37. The van der Waals surface area contributed by atoms with Gasteiger partial charge in [-0.25, -0.2) is 8.78 Å². The molecule has 2 aromatic rings. The van der Waals surface area contributed by atoms with E-state index >= 15 is 0 Å². The van der Waals surface area contributed by atoms with Crippen LogP contribution >= 0.6 is 0 Å². The maximum atomic E-state index is 14.5. The highest BCUT2D eigenvalue weighted by Crippen LogP contribution is 2.43. The van der Waals surface area contributed by atoms with Gasteiger partial charge in [-0.05, 0) is 44.6 Å². The summed E-state index contributed by atoms with van der Waals surface area (Å²) in [7, 11) is 0. The molecule has 4 aliphatic rings. The molecule has 3 atom stereocenters. The van der Waals surface area contributed by atoms with E-state index in [0.717, 1.165) is 37.8 Å². The molecule has 0 spiro atoms. The molecule has 3 unspecified atom stereocenters. The monoisotopic (exact) mass is 471 g/mol. The van der Waals surface area contributed by atoms with Crippen LogP contribution in [-0.2, 0) is 16.8 Å². The molecule has 10 heteroatoms. The Kier molecular flexibility index (Phi) is 4.61. The maximum absolute atomic E-state index is 14.5. The minimum atomic E-state index is -1.07. The molecule has 1 saturated heterocycles. The lowest BCUT2D eigenvalue weighted by Crippen LogP contribution is -2.57. The molecule has 1 aromatic carbocycles. The Morgan fingerprint density at radius 1 is 1.21 bits per heavy atom. The smallest absolute Gasteiger partial charge is 0.276 e. The van der Waals surface area contributed by atoms with Crippen molar-refractivity contribution in [1.82, 2.24) is 14.8 Å². The zero-order valence-corrected chi connectivity index (χ0v) is 18.2. The van der Waals surface area contributed by atoms with Crippen LogP contribution < -0.4 is 10.7 Å². The summed E-state index contributed by atoms with van der Waals surface area (Å²) in [6.07, 6.45) is 4.75. The van der Waals surface area contributed by atoms with Crippen molar-refractivity contribution < 1.29 is 28.2 Å². The molecular weight excluding hydrogens is 448 g/mol. The summed E-state index contributed by atoms with van der Waals surface area (Å²) in [4.78, 5) is 40.9. The van der Waals surface area contributed by atoms with Crippen molar-refractivity contribution in [2.75, 3.05) is 0 Å². The summed E-state index contributed by atoms with van der Waals surface area (Å²) >= 11 is 0. The van der Waals surface area contributed by atoms with E-state index in [1.54, 1.807) is 4.90 Å². The molecule has 0 radical (unpaired) electrons. The number of pyridine rings is 1. The number of aromatic hydroxyl groups is 1. The van der Waals surface area contributed by atoms with Gasteiger partial charge in [0.2, 0.25) is 5.43 Å². The normalized spacial score (nSPS) is 26.5. The largest absolute Gasteiger partial charge is 0.503 e. The van der Waals surface area contributed by atoms with Gasteiger partial charge in [0, 0.05) is 23.9 Å². The first-order valence-corrected chi connectivity index (χ1v) is 11.5. The standard InChI is InChI=1S/C24H23F2N3O5/c25-12-2-5-16(17(26)8-12)24(6-1-7-24)27-22(32)15-10-28-11-18-29(13-3-4-14(9-13)34-18)23(33)19(28)21(31)20(15)30/h2,5,8,10,13-14,18,31H,1,3-4,6-7,9,11H2,(H,27,32). The average molecular weight is 471 g/mol. The molecule has 2 aliphatic heterocycles. The van der Waals surface area contributed by atoms with E-state index in [1.807, 2.05) is 0 Å². The van der Waals surface area contributed by atoms with Gasteiger partial charge in [0.25, 0.3) is 11.8 Å². The second-order valence-electron chi connectivity index (χ2n) is 9.63. The third-order valence-electron chi connectivity index (χ3n) is 7.71. The molecule has 3 heterocycles. The fourth-order valence-electron chi connectivity index (χ4n) is 5.87. The first-order valence-electron chi connectivity index (χ1n) is 11.5. The van der Waals surface area contributed by atoms with E-state index in [0.29, 0.717) is 12.8 Å². The third kappa shape index (κ3) is 3.01. The van der Waals surface area contributed by atoms with Gasteiger partial charge in [-0.3, -0.25) is 14.4 Å². The van der Waals surface area contributed by atoms with Crippen LogP contribution in [-0.4, -0.2) is 44.8 Å². The Morgan fingerprint density at radius 2 is 2.00 bits per heavy atom. The number of fused-ring (bicyclic) bond motifs is 5. The van der Waals surface area contributed by atoms with E-state index in [-0.39, 0.29) is 35.5 Å². The van der Waals surface area contributed by atoms with Crippen LogP contribution in [0.15, 0.2) is 29.2 Å². The lowest BCUT2D eigenvalue weighted by Gasteiger charge is -2.44. The van der Waals surface area contributed by atoms with Crippen LogP contribution in [0.1, 0.15) is 64.9 Å². The SMILES string of the molecule is O=C(NC1(c2ccc(F)cc2F)CCC1)c1cn2c(c(O)c1=O)C(=O)N1C3CCC(C3)OC1C2. The first kappa shape index (κ1) is 21.3. The molecule has 1 aromatic heterocycles. The molecule has 2 saturated carbocycles. The Bertz CT molecular complexity index is 1290. The summed E-state index contributed by atoms with van der Waals surface area (Å²) in [5, 5.41) is 13.4. The number of benzene rings is 1. The van der Waals surface area contributed by atoms with E-state index < -0.39 is 46.4 Å². The summed E-state index contributed by atoms with van der Waals surface area (Å²) in [6, 6.07) is 3.18. The highest BCUT2D eigenvalue weighted by Gasteiger charge is 2.48. The number of hydrogen-bond acceptors (Lipinski definition) is 5. The average Bonchev–Trinajstić information content (AvgIpc) is 3.14. The van der Waals surface area contributed by atoms with E-state index in [1.165, 1.54) is 16.8 Å². The zero-order valence-electron chi connectivity index (χ0n) is 18.2. The Labute approximate surface area is 193 Å². The quantitative estimate of drug-likeness (QED) is 0.716. The van der Waals surface area contributed by atoms with E-state index in [9.17, 15) is 28.3 Å². The second-order valence-corrected chi connectivity index (χ2v) is 9.63. The molecule has 2 aliphatic carbocycles. The molecule has 178 valence electrons. The van der Waals surface area contributed by atoms with Crippen molar-refractivity contribution in [3.63, 3.8) is 0 Å². The number of carbonyl (C=O) groups excluding carboxylic acids is 2. The number of rotatable bonds is 3. The topological polar surface area (TPSA) is 101 Å². The van der Waals surface area contributed by atoms with E-state index in [2.05, 4.69) is 5.32 Å². The van der Waals surface area contributed by atoms with Crippen molar-refractivity contribution in [3.8, 4) is 5.75 Å². The van der Waals surface area contributed by atoms with Crippen molar-refractivity contribution in [2.24, 2.45) is 0 Å². The highest BCUT2D eigenvalue weighted by atomic mass is 19.1. The van der Waals surface area contributed by atoms with Gasteiger partial charge >= 0.3 is 0 Å². The van der Waals surface area contributed by atoms with Crippen LogP contribution in [0.5, 0.6) is 5.75 Å². The fraction of sp³-hybridized carbons (Fsp3) is 0.458. The third-order valence-corrected chi connectivity index (χ3v) is 7.71. The lowest BCUT2D eigenvalue weighted by atomic mass is 9.71. The summed E-state index contributed by atoms with van der Waals surface area (Å²) in [6.45, 7) is 0.180. The van der Waals surface area contributed by atoms with Crippen LogP contribution in [0.2, 0.25) is 0 Å². The van der Waals surface area contributed by atoms with Crippen molar-refractivity contribution in [2.45, 2.75) is 69.0 Å². The van der Waals surface area contributed by atoms with Gasteiger partial charge in [0.1, 0.15) is 17.2 Å². The van der Waals surface area contributed by atoms with Crippen molar-refractivity contribution in [3.05, 3.63) is 63.1 Å². The number of hydrogen-bond donors (Lipinski definition) is 2.